The van der Waals surface area contributed by atoms with Crippen LogP contribution in [0.2, 0.25) is 0 Å². The molecule has 0 spiro atoms. The monoisotopic (exact) mass is 392 g/mol. The van der Waals surface area contributed by atoms with Gasteiger partial charge in [0.25, 0.3) is 0 Å². The predicted molar refractivity (Wildman–Crippen MR) is 107 cm³/mol. The number of nitrogens with zero attached hydrogens (tertiary/aromatic N) is 5. The Morgan fingerprint density at radius 2 is 2.10 bits per heavy atom. The van der Waals surface area contributed by atoms with Gasteiger partial charge in [0, 0.05) is 30.9 Å². The van der Waals surface area contributed by atoms with Gasteiger partial charge in [-0.1, -0.05) is 0 Å². The van der Waals surface area contributed by atoms with Crippen LogP contribution in [0.4, 0.5) is 10.3 Å². The molecule has 0 radical (unpaired) electrons. The zero-order valence-corrected chi connectivity index (χ0v) is 16.3. The van der Waals surface area contributed by atoms with Crippen molar-refractivity contribution in [1.82, 2.24) is 24.1 Å². The summed E-state index contributed by atoms with van der Waals surface area (Å²) in [6.45, 7) is 2.94. The third kappa shape index (κ3) is 3.00. The highest BCUT2D eigenvalue weighted by molar-refractivity contribution is 5.64. The van der Waals surface area contributed by atoms with Crippen molar-refractivity contribution in [2.24, 2.45) is 7.05 Å². The van der Waals surface area contributed by atoms with Crippen molar-refractivity contribution < 1.29 is 9.13 Å². The van der Waals surface area contributed by atoms with E-state index in [1.165, 1.54) is 6.07 Å². The topological polar surface area (TPSA) is 69.3 Å². The van der Waals surface area contributed by atoms with Crippen LogP contribution in [0.3, 0.4) is 0 Å². The molecule has 1 aliphatic rings. The normalized spacial score (nSPS) is 13.3. The quantitative estimate of drug-likeness (QED) is 0.576. The van der Waals surface area contributed by atoms with Crippen LogP contribution in [-0.2, 0) is 20.0 Å². The Morgan fingerprint density at radius 3 is 2.93 bits per heavy atom. The molecule has 29 heavy (non-hydrogen) atoms. The predicted octanol–water partition coefficient (Wildman–Crippen LogP) is 3.51. The van der Waals surface area contributed by atoms with E-state index in [-0.39, 0.29) is 5.82 Å². The first-order valence-electron chi connectivity index (χ1n) is 9.62. The van der Waals surface area contributed by atoms with E-state index < -0.39 is 0 Å². The van der Waals surface area contributed by atoms with Crippen LogP contribution in [-0.4, -0.2) is 30.8 Å². The van der Waals surface area contributed by atoms with E-state index in [1.807, 2.05) is 35.2 Å². The second kappa shape index (κ2) is 6.88. The number of imidazole rings is 1. The van der Waals surface area contributed by atoms with Gasteiger partial charge in [0.1, 0.15) is 17.2 Å². The van der Waals surface area contributed by atoms with E-state index in [2.05, 4.69) is 20.4 Å². The highest BCUT2D eigenvalue weighted by Crippen LogP contribution is 2.30. The third-order valence-electron chi connectivity index (χ3n) is 5.27. The molecule has 4 heterocycles. The highest BCUT2D eigenvalue weighted by Gasteiger charge is 2.19. The summed E-state index contributed by atoms with van der Waals surface area (Å²) in [7, 11) is 1.90. The van der Waals surface area contributed by atoms with Crippen LogP contribution in [0.5, 0.6) is 5.75 Å². The van der Waals surface area contributed by atoms with Crippen molar-refractivity contribution in [3.8, 4) is 17.1 Å². The van der Waals surface area contributed by atoms with E-state index >= 15 is 0 Å². The Hall–Kier alpha value is -3.42. The summed E-state index contributed by atoms with van der Waals surface area (Å²) in [5, 5.41) is 7.73. The molecule has 0 bridgehead atoms. The number of aromatic nitrogens is 5. The molecular formula is C21H21FN6O. The second-order valence-electron chi connectivity index (χ2n) is 7.21. The number of aryl methyl sites for hydroxylation is 2. The Bertz CT molecular complexity index is 1210. The number of ether oxygens (including phenoxy) is 1. The Morgan fingerprint density at radius 1 is 1.21 bits per heavy atom. The summed E-state index contributed by atoms with van der Waals surface area (Å²) in [5.74, 6) is 1.14. The molecule has 0 saturated heterocycles. The molecule has 0 fully saturated rings. The van der Waals surface area contributed by atoms with Gasteiger partial charge in [-0.15, -0.1) is 0 Å². The number of halogens is 1. The maximum absolute atomic E-state index is 14.6. The van der Waals surface area contributed by atoms with Crippen LogP contribution in [0.15, 0.2) is 36.7 Å². The summed E-state index contributed by atoms with van der Waals surface area (Å²) < 4.78 is 24.0. The van der Waals surface area contributed by atoms with Crippen molar-refractivity contribution in [3.05, 3.63) is 59.3 Å². The third-order valence-corrected chi connectivity index (χ3v) is 5.27. The average molecular weight is 392 g/mol. The molecule has 0 aliphatic carbocycles. The first-order valence-corrected chi connectivity index (χ1v) is 9.62. The molecule has 0 atom stereocenters. The minimum atomic E-state index is -0.234. The molecule has 7 nitrogen and oxygen atoms in total. The van der Waals surface area contributed by atoms with Crippen LogP contribution in [0.25, 0.3) is 17.0 Å². The van der Waals surface area contributed by atoms with Crippen molar-refractivity contribution in [1.29, 1.82) is 0 Å². The molecule has 0 amide bonds. The highest BCUT2D eigenvalue weighted by atomic mass is 19.1. The average Bonchev–Trinajstić information content (AvgIpc) is 3.29. The number of fused-ring (bicyclic) bond motifs is 2. The first kappa shape index (κ1) is 17.7. The summed E-state index contributed by atoms with van der Waals surface area (Å²) in [6.07, 6.45) is 5.20. The fourth-order valence-electron chi connectivity index (χ4n) is 3.94. The van der Waals surface area contributed by atoms with Crippen molar-refractivity contribution in [2.45, 2.75) is 26.3 Å². The number of hydrogen-bond donors (Lipinski definition) is 1. The van der Waals surface area contributed by atoms with Gasteiger partial charge in [-0.2, -0.15) is 5.10 Å². The molecule has 1 aromatic carbocycles. The van der Waals surface area contributed by atoms with Crippen LogP contribution in [0, 0.1) is 12.7 Å². The lowest BCUT2D eigenvalue weighted by Gasteiger charge is -2.21. The standard InChI is InChI=1S/C21H21FN6O/c1-13-10-17(27(2)26-13)18-12-24-20-7-8-23-21(28(18)20)25-11-15-14-4-3-9-29-19(14)6-5-16(15)22/h5-8,10,12H,3-4,9,11H2,1-2H3,(H,23,25). The van der Waals surface area contributed by atoms with Gasteiger partial charge in [-0.3, -0.25) is 9.08 Å². The van der Waals surface area contributed by atoms with Crippen molar-refractivity contribution in [2.75, 3.05) is 11.9 Å². The number of benzene rings is 1. The fourth-order valence-corrected chi connectivity index (χ4v) is 3.94. The molecule has 3 aromatic heterocycles. The maximum atomic E-state index is 14.6. The van der Waals surface area contributed by atoms with Crippen molar-refractivity contribution >= 4 is 11.6 Å². The number of anilines is 1. The van der Waals surface area contributed by atoms with E-state index in [0.717, 1.165) is 46.9 Å². The summed E-state index contributed by atoms with van der Waals surface area (Å²) in [5.41, 5.74) is 5.05. The molecule has 5 rings (SSSR count). The minimum absolute atomic E-state index is 0.234. The molecule has 148 valence electrons. The van der Waals surface area contributed by atoms with Gasteiger partial charge in [-0.05, 0) is 44.0 Å². The van der Waals surface area contributed by atoms with Gasteiger partial charge in [-0.25, -0.2) is 14.4 Å². The molecule has 0 saturated carbocycles. The van der Waals surface area contributed by atoms with Crippen LogP contribution < -0.4 is 10.1 Å². The second-order valence-corrected chi connectivity index (χ2v) is 7.21. The Balaban J connectivity index is 1.54. The molecule has 4 aromatic rings. The molecule has 1 aliphatic heterocycles. The number of hydrogen-bond acceptors (Lipinski definition) is 5. The zero-order chi connectivity index (χ0) is 20.0. The molecule has 1 N–H and O–H groups in total. The van der Waals surface area contributed by atoms with Gasteiger partial charge in [0.05, 0.1) is 29.9 Å². The maximum Gasteiger partial charge on any atom is 0.209 e. The molecule has 8 heteroatoms. The Kier molecular flexibility index (Phi) is 4.19. The first-order chi connectivity index (χ1) is 14.1. The van der Waals surface area contributed by atoms with E-state index in [1.54, 1.807) is 18.5 Å². The van der Waals surface area contributed by atoms with Crippen molar-refractivity contribution in [3.63, 3.8) is 0 Å². The van der Waals surface area contributed by atoms with Gasteiger partial charge in [0.15, 0.2) is 0 Å². The lowest BCUT2D eigenvalue weighted by Crippen LogP contribution is -2.15. The van der Waals surface area contributed by atoms with Gasteiger partial charge < -0.3 is 10.1 Å². The largest absolute Gasteiger partial charge is 0.493 e. The van der Waals surface area contributed by atoms with Crippen LogP contribution >= 0.6 is 0 Å². The van der Waals surface area contributed by atoms with E-state index in [0.29, 0.717) is 24.7 Å². The van der Waals surface area contributed by atoms with E-state index in [4.69, 9.17) is 4.74 Å². The summed E-state index contributed by atoms with van der Waals surface area (Å²) in [6, 6.07) is 7.03. The Labute approximate surface area is 167 Å². The molecular weight excluding hydrogens is 371 g/mol. The van der Waals surface area contributed by atoms with E-state index in [9.17, 15) is 4.39 Å². The fraction of sp³-hybridized carbons (Fsp3) is 0.286. The minimum Gasteiger partial charge on any atom is -0.493 e. The summed E-state index contributed by atoms with van der Waals surface area (Å²) >= 11 is 0. The lowest BCUT2D eigenvalue weighted by molar-refractivity contribution is 0.286. The zero-order valence-electron chi connectivity index (χ0n) is 16.3. The lowest BCUT2D eigenvalue weighted by atomic mass is 9.99. The number of nitrogens with one attached hydrogen (secondary N) is 1. The van der Waals surface area contributed by atoms with Gasteiger partial charge in [0.2, 0.25) is 5.95 Å². The smallest absolute Gasteiger partial charge is 0.209 e. The number of rotatable bonds is 4. The van der Waals surface area contributed by atoms with Gasteiger partial charge >= 0.3 is 0 Å². The summed E-state index contributed by atoms with van der Waals surface area (Å²) in [4.78, 5) is 8.98. The molecule has 0 unspecified atom stereocenters. The SMILES string of the molecule is Cc1cc(-c2cnc3ccnc(NCc4c(F)ccc5c4CCCO5)n23)n(C)n1. The van der Waals surface area contributed by atoms with Crippen LogP contribution in [0.1, 0.15) is 23.2 Å².